The number of sulfonamides is 1. The normalized spacial score (nSPS) is 16.6. The van der Waals surface area contributed by atoms with Crippen molar-refractivity contribution in [2.24, 2.45) is 0 Å². The molecular formula is C28H24N4O8S2. The van der Waals surface area contributed by atoms with Gasteiger partial charge in [0.25, 0.3) is 0 Å². The molecule has 0 aliphatic carbocycles. The number of nitrogens with zero attached hydrogens (tertiary/aromatic N) is 2. The van der Waals surface area contributed by atoms with Crippen LogP contribution in [0.1, 0.15) is 44.3 Å². The Morgan fingerprint density at radius 3 is 2.36 bits per heavy atom. The summed E-state index contributed by atoms with van der Waals surface area (Å²) in [5, 5.41) is 22.6. The molecule has 3 heterocycles. The Labute approximate surface area is 245 Å². The molecule has 0 unspecified atom stereocenters. The van der Waals surface area contributed by atoms with E-state index in [4.69, 9.17) is 21.4 Å². The van der Waals surface area contributed by atoms with Crippen molar-refractivity contribution in [3.63, 3.8) is 0 Å². The maximum Gasteiger partial charge on any atom is 0.335 e. The number of aromatic nitrogens is 1. The van der Waals surface area contributed by atoms with Crippen LogP contribution >= 0.6 is 12.2 Å². The van der Waals surface area contributed by atoms with Gasteiger partial charge >= 0.3 is 11.9 Å². The molecule has 2 aromatic heterocycles. The van der Waals surface area contributed by atoms with Gasteiger partial charge in [-0.2, -0.15) is 0 Å². The number of benzene rings is 2. The predicted octanol–water partition coefficient (Wildman–Crippen LogP) is 4.30. The van der Waals surface area contributed by atoms with Crippen LogP contribution in [0.25, 0.3) is 11.3 Å². The second kappa shape index (κ2) is 11.1. The molecule has 0 bridgehead atoms. The van der Waals surface area contributed by atoms with Crippen LogP contribution in [0, 0.1) is 0 Å². The molecule has 12 nitrogen and oxygen atoms in total. The number of anilines is 2. The summed E-state index contributed by atoms with van der Waals surface area (Å²) in [7, 11) is -2.22. The molecule has 2 atom stereocenters. The summed E-state index contributed by atoms with van der Waals surface area (Å²) in [6, 6.07) is 16.2. The smallest absolute Gasteiger partial charge is 0.335 e. The lowest BCUT2D eigenvalue weighted by molar-refractivity contribution is 0.0696. The lowest BCUT2D eigenvalue weighted by atomic mass is 10.0. The highest BCUT2D eigenvalue weighted by Crippen LogP contribution is 2.44. The molecule has 0 radical (unpaired) electrons. The molecule has 1 aliphatic heterocycles. The number of hydrogen-bond donors (Lipinski definition) is 4. The Hall–Kier alpha value is -4.95. The van der Waals surface area contributed by atoms with Crippen molar-refractivity contribution in [2.45, 2.75) is 12.1 Å². The molecule has 42 heavy (non-hydrogen) atoms. The number of rotatable bonds is 9. The van der Waals surface area contributed by atoms with Crippen molar-refractivity contribution in [2.75, 3.05) is 23.0 Å². The summed E-state index contributed by atoms with van der Waals surface area (Å²) in [5.74, 6) is -1.62. The topological polar surface area (TPSA) is 171 Å². The molecule has 216 valence electrons. The Bertz CT molecular complexity index is 1780. The molecule has 1 aliphatic rings. The van der Waals surface area contributed by atoms with E-state index >= 15 is 0 Å². The Morgan fingerprint density at radius 2 is 1.76 bits per heavy atom. The highest BCUT2D eigenvalue weighted by atomic mass is 32.2. The maximum atomic E-state index is 12.0. The lowest BCUT2D eigenvalue weighted by Gasteiger charge is -2.27. The van der Waals surface area contributed by atoms with Gasteiger partial charge in [-0.3, -0.25) is 9.71 Å². The second-order valence-electron chi connectivity index (χ2n) is 9.37. The molecule has 1 saturated heterocycles. The standard InChI is InChI=1S/C28H24N4O8S2/c1-39-22-7-6-18(14-20(22)31-42(2,37)38)32-25(24(30-28(32)41)19-5-3-4-10-29-19)23-9-8-21(40-23)15-11-16(26(33)34)13-17(12-15)27(35)36/h3-14,24-25,31H,1-2H3,(H,30,41)(H,33,34)(H,35,36)/t24-,25-/m1/s1. The van der Waals surface area contributed by atoms with Crippen molar-refractivity contribution in [1.29, 1.82) is 0 Å². The lowest BCUT2D eigenvalue weighted by Crippen LogP contribution is -2.29. The summed E-state index contributed by atoms with van der Waals surface area (Å²) in [5.41, 5.74) is 1.22. The fraction of sp³-hybridized carbons (Fsp3) is 0.143. The number of carboxylic acid groups (broad SMARTS) is 2. The number of furan rings is 1. The minimum absolute atomic E-state index is 0.201. The molecule has 5 rings (SSSR count). The first-order valence-electron chi connectivity index (χ1n) is 12.3. The van der Waals surface area contributed by atoms with E-state index in [9.17, 15) is 28.2 Å². The van der Waals surface area contributed by atoms with Gasteiger partial charge in [-0.15, -0.1) is 0 Å². The number of aromatic carboxylic acids is 2. The number of hydrogen-bond acceptors (Lipinski definition) is 8. The quantitative estimate of drug-likeness (QED) is 0.199. The molecule has 0 amide bonds. The van der Waals surface area contributed by atoms with Crippen molar-refractivity contribution in [3.05, 3.63) is 95.5 Å². The minimum atomic E-state index is -3.64. The Morgan fingerprint density at radius 1 is 1.05 bits per heavy atom. The second-order valence-corrected chi connectivity index (χ2v) is 11.5. The Kier molecular flexibility index (Phi) is 7.58. The molecule has 4 aromatic rings. The zero-order chi connectivity index (χ0) is 30.2. The predicted molar refractivity (Wildman–Crippen MR) is 157 cm³/mol. The summed E-state index contributed by atoms with van der Waals surface area (Å²) < 4.78 is 38.1. The van der Waals surface area contributed by atoms with Crippen LogP contribution in [-0.4, -0.2) is 54.0 Å². The summed E-state index contributed by atoms with van der Waals surface area (Å²) in [6.45, 7) is 0. The number of thiocarbonyl (C=S) groups is 1. The average Bonchev–Trinajstić information content (AvgIpc) is 3.57. The highest BCUT2D eigenvalue weighted by molar-refractivity contribution is 7.92. The van der Waals surface area contributed by atoms with E-state index in [0.29, 0.717) is 28.0 Å². The van der Waals surface area contributed by atoms with Gasteiger partial charge in [-0.05, 0) is 72.9 Å². The zero-order valence-electron chi connectivity index (χ0n) is 22.1. The van der Waals surface area contributed by atoms with E-state index in [2.05, 4.69) is 15.0 Å². The van der Waals surface area contributed by atoms with Crippen LogP contribution in [0.4, 0.5) is 11.4 Å². The van der Waals surface area contributed by atoms with E-state index in [1.54, 1.807) is 47.5 Å². The van der Waals surface area contributed by atoms with Crippen molar-refractivity contribution >= 4 is 50.7 Å². The van der Waals surface area contributed by atoms with Crippen molar-refractivity contribution in [1.82, 2.24) is 10.3 Å². The molecule has 2 aromatic carbocycles. The van der Waals surface area contributed by atoms with Crippen LogP contribution < -0.4 is 19.7 Å². The van der Waals surface area contributed by atoms with Crippen LogP contribution in [0.5, 0.6) is 5.75 Å². The van der Waals surface area contributed by atoms with Gasteiger partial charge < -0.3 is 29.6 Å². The minimum Gasteiger partial charge on any atom is -0.495 e. The van der Waals surface area contributed by atoms with E-state index in [1.165, 1.54) is 19.2 Å². The van der Waals surface area contributed by atoms with Gasteiger partial charge in [0.05, 0.1) is 41.9 Å². The monoisotopic (exact) mass is 608 g/mol. The molecule has 0 saturated carbocycles. The zero-order valence-corrected chi connectivity index (χ0v) is 23.8. The number of methoxy groups -OCH3 is 1. The molecule has 1 fully saturated rings. The number of ether oxygens (including phenoxy) is 1. The van der Waals surface area contributed by atoms with Gasteiger partial charge in [-0.25, -0.2) is 18.0 Å². The third-order valence-corrected chi connectivity index (χ3v) is 7.39. The van der Waals surface area contributed by atoms with Gasteiger partial charge in [0.15, 0.2) is 5.11 Å². The third-order valence-electron chi connectivity index (χ3n) is 6.48. The number of nitrogens with one attached hydrogen (secondary N) is 2. The number of pyridine rings is 1. The summed E-state index contributed by atoms with van der Waals surface area (Å²) >= 11 is 5.73. The van der Waals surface area contributed by atoms with Gasteiger partial charge in [0.1, 0.15) is 23.3 Å². The first kappa shape index (κ1) is 28.6. The fourth-order valence-corrected chi connectivity index (χ4v) is 5.64. The van der Waals surface area contributed by atoms with E-state index in [0.717, 1.165) is 12.3 Å². The van der Waals surface area contributed by atoms with Crippen molar-refractivity contribution in [3.8, 4) is 17.1 Å². The van der Waals surface area contributed by atoms with Crippen molar-refractivity contribution < 1.29 is 37.4 Å². The average molecular weight is 609 g/mol. The Balaban J connectivity index is 1.63. The molecular weight excluding hydrogens is 584 g/mol. The maximum absolute atomic E-state index is 12.0. The largest absolute Gasteiger partial charge is 0.495 e. The van der Waals surface area contributed by atoms with Gasteiger partial charge in [0, 0.05) is 17.4 Å². The third kappa shape index (κ3) is 5.75. The van der Waals surface area contributed by atoms with E-state index in [1.807, 2.05) is 12.1 Å². The summed E-state index contributed by atoms with van der Waals surface area (Å²) in [6.07, 6.45) is 2.67. The number of carbonyl (C=O) groups is 2. The molecule has 0 spiro atoms. The first-order chi connectivity index (χ1) is 19.9. The van der Waals surface area contributed by atoms with Crippen LogP contribution in [0.3, 0.4) is 0 Å². The van der Waals surface area contributed by atoms with Crippen LogP contribution in [0.15, 0.2) is 77.3 Å². The van der Waals surface area contributed by atoms with Crippen LogP contribution in [0.2, 0.25) is 0 Å². The first-order valence-corrected chi connectivity index (χ1v) is 14.6. The van der Waals surface area contributed by atoms with Gasteiger partial charge in [-0.1, -0.05) is 6.07 Å². The van der Waals surface area contributed by atoms with Gasteiger partial charge in [0.2, 0.25) is 10.0 Å². The summed E-state index contributed by atoms with van der Waals surface area (Å²) in [4.78, 5) is 29.6. The SMILES string of the molecule is COc1ccc(N2C(=S)N[C@H](c3ccccn3)[C@H]2c2ccc(-c3cc(C(=O)O)cc(C(=O)O)c3)o2)cc1NS(C)(=O)=O. The fourth-order valence-electron chi connectivity index (χ4n) is 4.73. The highest BCUT2D eigenvalue weighted by Gasteiger charge is 2.43. The van der Waals surface area contributed by atoms with E-state index in [-0.39, 0.29) is 28.1 Å². The van der Waals surface area contributed by atoms with E-state index < -0.39 is 34.0 Å². The number of carboxylic acids is 2. The molecule has 4 N–H and O–H groups in total. The molecule has 14 heteroatoms. The van der Waals surface area contributed by atoms with Crippen LogP contribution in [-0.2, 0) is 10.0 Å².